The van der Waals surface area contributed by atoms with Crippen LogP contribution < -0.4 is 15.4 Å². The van der Waals surface area contributed by atoms with Crippen molar-refractivity contribution in [2.75, 3.05) is 11.9 Å². The van der Waals surface area contributed by atoms with Crippen LogP contribution in [0.2, 0.25) is 5.28 Å². The Kier molecular flexibility index (Phi) is 4.48. The van der Waals surface area contributed by atoms with Crippen LogP contribution in [0.15, 0.2) is 18.3 Å². The number of fused-ring (bicyclic) bond motifs is 6. The smallest absolute Gasteiger partial charge is 0.263 e. The Hall–Kier alpha value is -3.08. The molecule has 2 N–H and O–H groups in total. The predicted molar refractivity (Wildman–Crippen MR) is 125 cm³/mol. The van der Waals surface area contributed by atoms with Crippen molar-refractivity contribution in [1.82, 2.24) is 25.3 Å². The maximum absolute atomic E-state index is 12.6. The second kappa shape index (κ2) is 7.21. The summed E-state index contributed by atoms with van der Waals surface area (Å²) in [5, 5.41) is 7.36. The Morgan fingerprint density at radius 2 is 2.12 bits per heavy atom. The van der Waals surface area contributed by atoms with Crippen molar-refractivity contribution in [3.63, 3.8) is 0 Å². The first kappa shape index (κ1) is 20.5. The Morgan fingerprint density at radius 1 is 1.27 bits per heavy atom. The normalized spacial score (nSPS) is 19.0. The summed E-state index contributed by atoms with van der Waals surface area (Å²) in [5.41, 5.74) is 3.01. The fourth-order valence-corrected chi connectivity index (χ4v) is 5.44. The van der Waals surface area contributed by atoms with Crippen LogP contribution in [0.3, 0.4) is 0 Å². The summed E-state index contributed by atoms with van der Waals surface area (Å²) in [5.74, 6) is 0.510. The standard InChI is InChI=1S/C22H19ClN6O3S/c1-9-6-24-16-14-12(33-17(16)19(30)26-9)5-4-11-15(14)25-7-13(27-11)32-20-10-8-31-22(2,3)18(10)28-21(23)29-20/h4-5,7,9,24H,6,8H2,1-3H3,(H,26,30). The van der Waals surface area contributed by atoms with Crippen molar-refractivity contribution >= 4 is 55.7 Å². The van der Waals surface area contributed by atoms with Gasteiger partial charge in [-0.25, -0.2) is 15.0 Å². The number of thiophene rings is 1. The number of rotatable bonds is 2. The third kappa shape index (κ3) is 3.28. The lowest BCUT2D eigenvalue weighted by molar-refractivity contribution is -0.0102. The van der Waals surface area contributed by atoms with E-state index in [4.69, 9.17) is 21.1 Å². The molecule has 0 spiro atoms. The van der Waals surface area contributed by atoms with Gasteiger partial charge in [-0.2, -0.15) is 4.98 Å². The van der Waals surface area contributed by atoms with Gasteiger partial charge in [-0.3, -0.25) is 4.79 Å². The number of anilines is 1. The average Bonchev–Trinajstić information content (AvgIpc) is 3.25. The molecule has 5 heterocycles. The Balaban J connectivity index is 1.44. The molecule has 3 aromatic heterocycles. The van der Waals surface area contributed by atoms with Gasteiger partial charge in [-0.15, -0.1) is 11.3 Å². The summed E-state index contributed by atoms with van der Waals surface area (Å²) >= 11 is 7.58. The van der Waals surface area contributed by atoms with E-state index >= 15 is 0 Å². The highest BCUT2D eigenvalue weighted by molar-refractivity contribution is 7.21. The lowest BCUT2D eigenvalue weighted by Gasteiger charge is -2.17. The number of hydrogen-bond acceptors (Lipinski definition) is 9. The number of nitrogens with one attached hydrogen (secondary N) is 2. The minimum absolute atomic E-state index is 0.0311. The van der Waals surface area contributed by atoms with Gasteiger partial charge in [0, 0.05) is 22.7 Å². The molecule has 1 amide bonds. The summed E-state index contributed by atoms with van der Waals surface area (Å²) < 4.78 is 12.8. The quantitative estimate of drug-likeness (QED) is 0.405. The van der Waals surface area contributed by atoms with Gasteiger partial charge in [-0.1, -0.05) is 0 Å². The van der Waals surface area contributed by atoms with Gasteiger partial charge >= 0.3 is 0 Å². The van der Waals surface area contributed by atoms with Crippen LogP contribution >= 0.6 is 22.9 Å². The average molecular weight is 483 g/mol. The minimum atomic E-state index is -0.575. The first-order valence-electron chi connectivity index (χ1n) is 10.5. The van der Waals surface area contributed by atoms with Crippen molar-refractivity contribution < 1.29 is 14.3 Å². The first-order valence-corrected chi connectivity index (χ1v) is 11.7. The second-order valence-corrected chi connectivity index (χ2v) is 9.99. The molecule has 0 radical (unpaired) electrons. The summed E-state index contributed by atoms with van der Waals surface area (Å²) in [6, 6.07) is 3.85. The van der Waals surface area contributed by atoms with Gasteiger partial charge in [0.15, 0.2) is 0 Å². The molecule has 1 aromatic carbocycles. The maximum atomic E-state index is 12.6. The summed E-state index contributed by atoms with van der Waals surface area (Å²) in [6.45, 7) is 6.77. The van der Waals surface area contributed by atoms with Gasteiger partial charge in [0.05, 0.1) is 40.8 Å². The fourth-order valence-electron chi connectivity index (χ4n) is 4.19. The molecule has 11 heteroatoms. The Morgan fingerprint density at radius 3 is 2.97 bits per heavy atom. The van der Waals surface area contributed by atoms with Crippen LogP contribution in [-0.2, 0) is 16.9 Å². The highest BCUT2D eigenvalue weighted by Gasteiger charge is 2.36. The molecule has 1 unspecified atom stereocenters. The number of carbonyl (C=O) groups excluding carboxylic acids is 1. The third-order valence-electron chi connectivity index (χ3n) is 5.80. The van der Waals surface area contributed by atoms with Gasteiger partial charge in [0.2, 0.25) is 17.0 Å². The van der Waals surface area contributed by atoms with Crippen LogP contribution in [0.4, 0.5) is 5.69 Å². The Bertz CT molecular complexity index is 1470. The number of amides is 1. The van der Waals surface area contributed by atoms with Crippen molar-refractivity contribution in [3.8, 4) is 11.8 Å². The topological polar surface area (TPSA) is 111 Å². The fraction of sp³-hybridized carbons (Fsp3) is 0.318. The number of ether oxygens (including phenoxy) is 2. The molecule has 33 heavy (non-hydrogen) atoms. The minimum Gasteiger partial charge on any atom is -0.418 e. The molecule has 0 saturated heterocycles. The number of benzene rings is 1. The molecular weight excluding hydrogens is 464 g/mol. The van der Waals surface area contributed by atoms with Crippen molar-refractivity contribution in [2.45, 2.75) is 39.0 Å². The van der Waals surface area contributed by atoms with Crippen molar-refractivity contribution in [3.05, 3.63) is 39.7 Å². The number of carbonyl (C=O) groups is 1. The van der Waals surface area contributed by atoms with E-state index in [-0.39, 0.29) is 23.1 Å². The zero-order valence-corrected chi connectivity index (χ0v) is 19.6. The van der Waals surface area contributed by atoms with Gasteiger partial charge < -0.3 is 20.1 Å². The molecule has 1 atom stereocenters. The van der Waals surface area contributed by atoms with Gasteiger partial charge in [0.1, 0.15) is 10.5 Å². The molecule has 4 aromatic rings. The Labute approximate surface area is 197 Å². The molecule has 2 aliphatic rings. The number of hydrogen-bond donors (Lipinski definition) is 2. The maximum Gasteiger partial charge on any atom is 0.263 e. The van der Waals surface area contributed by atoms with E-state index in [9.17, 15) is 4.79 Å². The number of aromatic nitrogens is 4. The van der Waals surface area contributed by atoms with Gasteiger partial charge in [-0.05, 0) is 44.5 Å². The van der Waals surface area contributed by atoms with Crippen LogP contribution in [0.1, 0.15) is 41.7 Å². The zero-order valence-electron chi connectivity index (χ0n) is 18.0. The van der Waals surface area contributed by atoms with Crippen LogP contribution in [0.5, 0.6) is 11.8 Å². The molecule has 0 saturated carbocycles. The predicted octanol–water partition coefficient (Wildman–Crippen LogP) is 4.39. The second-order valence-electron chi connectivity index (χ2n) is 8.60. The molecule has 0 fully saturated rings. The third-order valence-corrected chi connectivity index (χ3v) is 7.12. The van der Waals surface area contributed by atoms with E-state index in [1.54, 1.807) is 6.20 Å². The monoisotopic (exact) mass is 482 g/mol. The molecular formula is C22H19ClN6O3S. The molecule has 9 nitrogen and oxygen atoms in total. The zero-order chi connectivity index (χ0) is 22.9. The van der Waals surface area contributed by atoms with E-state index < -0.39 is 5.60 Å². The van der Waals surface area contributed by atoms with Gasteiger partial charge in [0.25, 0.3) is 5.91 Å². The largest absolute Gasteiger partial charge is 0.418 e. The highest BCUT2D eigenvalue weighted by atomic mass is 35.5. The lowest BCUT2D eigenvalue weighted by atomic mass is 10.0. The van der Waals surface area contributed by atoms with E-state index in [1.807, 2.05) is 32.9 Å². The molecule has 6 rings (SSSR count). The van der Waals surface area contributed by atoms with Crippen LogP contribution in [-0.4, -0.2) is 38.4 Å². The molecule has 0 bridgehead atoms. The summed E-state index contributed by atoms with van der Waals surface area (Å²) in [7, 11) is 0. The van der Waals surface area contributed by atoms with Crippen LogP contribution in [0.25, 0.3) is 21.1 Å². The van der Waals surface area contributed by atoms with Crippen molar-refractivity contribution in [2.24, 2.45) is 0 Å². The summed E-state index contributed by atoms with van der Waals surface area (Å²) in [4.78, 5) is 31.1. The van der Waals surface area contributed by atoms with E-state index in [0.717, 1.165) is 21.3 Å². The SMILES string of the molecule is CC1CNc2c(sc3ccc4nc(Oc5nc(Cl)nc6c5COC6(C)C)cnc4c23)C(=O)N1. The first-order chi connectivity index (χ1) is 15.8. The molecule has 0 aliphatic carbocycles. The number of halogens is 1. The van der Waals surface area contributed by atoms with E-state index in [2.05, 4.69) is 30.6 Å². The van der Waals surface area contributed by atoms with E-state index in [1.165, 1.54) is 11.3 Å². The van der Waals surface area contributed by atoms with Crippen molar-refractivity contribution in [1.29, 1.82) is 0 Å². The van der Waals surface area contributed by atoms with Crippen LogP contribution in [0, 0.1) is 0 Å². The number of nitrogens with zero attached hydrogens (tertiary/aromatic N) is 4. The lowest BCUT2D eigenvalue weighted by Crippen LogP contribution is -2.34. The molecule has 168 valence electrons. The molecule has 2 aliphatic heterocycles. The van der Waals surface area contributed by atoms with E-state index in [0.29, 0.717) is 40.6 Å². The summed E-state index contributed by atoms with van der Waals surface area (Å²) in [6.07, 6.45) is 1.55. The highest BCUT2D eigenvalue weighted by Crippen LogP contribution is 2.42.